The van der Waals surface area contributed by atoms with Gasteiger partial charge >= 0.3 is 0 Å². The SMILES string of the molecule is Cc1ncc(N2CCN(C(=O)C3CCCC3)CC2)nc1-c1nnc(-c2ccccc2)o1.[HH]. The topological polar surface area (TPSA) is 88.3 Å². The van der Waals surface area contributed by atoms with Crippen molar-refractivity contribution >= 4 is 11.7 Å². The summed E-state index contributed by atoms with van der Waals surface area (Å²) < 4.78 is 5.89. The van der Waals surface area contributed by atoms with Crippen LogP contribution >= 0.6 is 0 Å². The maximum absolute atomic E-state index is 12.7. The first-order chi connectivity index (χ1) is 15.2. The summed E-state index contributed by atoms with van der Waals surface area (Å²) in [4.78, 5) is 26.2. The Hall–Kier alpha value is -3.29. The average Bonchev–Trinajstić information content (AvgIpc) is 3.52. The molecule has 2 fully saturated rings. The summed E-state index contributed by atoms with van der Waals surface area (Å²) in [5.74, 6) is 2.15. The van der Waals surface area contributed by atoms with Crippen molar-refractivity contribution in [2.45, 2.75) is 32.6 Å². The van der Waals surface area contributed by atoms with Crippen LogP contribution in [0.4, 0.5) is 5.82 Å². The summed E-state index contributed by atoms with van der Waals surface area (Å²) in [6.45, 7) is 4.82. The number of aromatic nitrogens is 4. The Labute approximate surface area is 182 Å². The number of carbonyl (C=O) groups excluding carboxylic acids is 1. The van der Waals surface area contributed by atoms with E-state index in [0.29, 0.717) is 23.4 Å². The Kier molecular flexibility index (Phi) is 5.36. The van der Waals surface area contributed by atoms with Crippen LogP contribution in [0, 0.1) is 12.8 Å². The smallest absolute Gasteiger partial charge is 0.268 e. The molecule has 0 atom stereocenters. The number of benzene rings is 1. The summed E-state index contributed by atoms with van der Waals surface area (Å²) in [6, 6.07) is 9.67. The molecule has 1 saturated carbocycles. The van der Waals surface area contributed by atoms with Crippen molar-refractivity contribution in [2.75, 3.05) is 31.1 Å². The van der Waals surface area contributed by atoms with Gasteiger partial charge in [-0.05, 0) is 31.9 Å². The van der Waals surface area contributed by atoms with E-state index >= 15 is 0 Å². The molecule has 0 radical (unpaired) electrons. The van der Waals surface area contributed by atoms with E-state index in [1.165, 1.54) is 12.8 Å². The second-order valence-corrected chi connectivity index (χ2v) is 8.23. The van der Waals surface area contributed by atoms with E-state index < -0.39 is 0 Å². The number of anilines is 1. The van der Waals surface area contributed by atoms with E-state index in [1.54, 1.807) is 6.20 Å². The molecule has 3 heterocycles. The highest BCUT2D eigenvalue weighted by Gasteiger charge is 2.30. The van der Waals surface area contributed by atoms with Gasteiger partial charge in [0.05, 0.1) is 11.9 Å². The zero-order valence-electron chi connectivity index (χ0n) is 17.7. The third-order valence-electron chi connectivity index (χ3n) is 6.21. The zero-order chi connectivity index (χ0) is 21.2. The van der Waals surface area contributed by atoms with E-state index in [1.807, 2.05) is 42.2 Å². The highest BCUT2D eigenvalue weighted by molar-refractivity contribution is 5.79. The summed E-state index contributed by atoms with van der Waals surface area (Å²) in [6.07, 6.45) is 6.23. The molecule has 1 aromatic carbocycles. The Morgan fingerprint density at radius 3 is 2.48 bits per heavy atom. The monoisotopic (exact) mass is 420 g/mol. The fourth-order valence-corrected chi connectivity index (χ4v) is 4.40. The van der Waals surface area contributed by atoms with Gasteiger partial charge in [0.25, 0.3) is 5.89 Å². The minimum atomic E-state index is 0. The molecule has 8 heteroatoms. The van der Waals surface area contributed by atoms with E-state index in [0.717, 1.165) is 56.1 Å². The maximum Gasteiger partial charge on any atom is 0.268 e. The first kappa shape index (κ1) is 19.7. The van der Waals surface area contributed by atoms with Gasteiger partial charge < -0.3 is 14.2 Å². The zero-order valence-corrected chi connectivity index (χ0v) is 17.7. The lowest BCUT2D eigenvalue weighted by atomic mass is 10.1. The van der Waals surface area contributed by atoms with E-state index in [-0.39, 0.29) is 7.34 Å². The lowest BCUT2D eigenvalue weighted by Gasteiger charge is -2.36. The van der Waals surface area contributed by atoms with Crippen molar-refractivity contribution in [3.63, 3.8) is 0 Å². The van der Waals surface area contributed by atoms with Gasteiger partial charge in [-0.1, -0.05) is 31.0 Å². The number of nitrogens with zero attached hydrogens (tertiary/aromatic N) is 6. The number of rotatable bonds is 4. The number of aryl methyl sites for hydroxylation is 1. The summed E-state index contributed by atoms with van der Waals surface area (Å²) in [7, 11) is 0. The van der Waals surface area contributed by atoms with E-state index in [4.69, 9.17) is 9.40 Å². The van der Waals surface area contributed by atoms with Crippen molar-refractivity contribution in [3.05, 3.63) is 42.2 Å². The Balaban J connectivity index is 0.00000245. The van der Waals surface area contributed by atoms with E-state index in [9.17, 15) is 4.79 Å². The lowest BCUT2D eigenvalue weighted by Crippen LogP contribution is -2.50. The molecule has 8 nitrogen and oxygen atoms in total. The molecule has 2 aromatic heterocycles. The van der Waals surface area contributed by atoms with Gasteiger partial charge in [-0.15, -0.1) is 10.2 Å². The molecule has 2 aliphatic rings. The quantitative estimate of drug-likeness (QED) is 0.637. The van der Waals surface area contributed by atoms with Crippen LogP contribution in [-0.2, 0) is 4.79 Å². The second-order valence-electron chi connectivity index (χ2n) is 8.23. The molecule has 5 rings (SSSR count). The summed E-state index contributed by atoms with van der Waals surface area (Å²) >= 11 is 0. The van der Waals surface area contributed by atoms with Crippen molar-refractivity contribution in [3.8, 4) is 23.0 Å². The second kappa shape index (κ2) is 8.45. The van der Waals surface area contributed by atoms with Crippen LogP contribution in [0.5, 0.6) is 0 Å². The fraction of sp³-hybridized carbons (Fsp3) is 0.435. The Bertz CT molecular complexity index is 1060. The van der Waals surface area contributed by atoms with Gasteiger partial charge in [-0.25, -0.2) is 4.98 Å². The van der Waals surface area contributed by atoms with Crippen molar-refractivity contribution in [1.82, 2.24) is 25.1 Å². The standard InChI is InChI=1S/C23H26N6O2.H2/c1-16-20(22-27-26-21(31-22)17-7-3-2-4-8-17)25-19(15-24-16)28-11-13-29(14-12-28)23(30)18-9-5-6-10-18;/h2-4,7-8,15,18H,5-6,9-14H2,1H3;1H. The molecule has 1 amide bonds. The predicted molar refractivity (Wildman–Crippen MR) is 118 cm³/mol. The third-order valence-corrected chi connectivity index (χ3v) is 6.21. The van der Waals surface area contributed by atoms with Gasteiger partial charge in [0.15, 0.2) is 5.69 Å². The molecule has 1 saturated heterocycles. The van der Waals surface area contributed by atoms with Crippen molar-refractivity contribution in [2.24, 2.45) is 5.92 Å². The van der Waals surface area contributed by atoms with Gasteiger partial charge in [0.1, 0.15) is 5.82 Å². The van der Waals surface area contributed by atoms with Gasteiger partial charge in [0, 0.05) is 39.1 Å². The summed E-state index contributed by atoms with van der Waals surface area (Å²) in [5.41, 5.74) is 2.20. The average molecular weight is 421 g/mol. The number of carbonyl (C=O) groups is 1. The molecule has 0 bridgehead atoms. The van der Waals surface area contributed by atoms with Crippen LogP contribution in [0.25, 0.3) is 23.0 Å². The predicted octanol–water partition coefficient (Wildman–Crippen LogP) is 3.59. The molecular formula is C23H28N6O2. The van der Waals surface area contributed by atoms with Crippen molar-refractivity contribution < 1.29 is 10.6 Å². The first-order valence-electron chi connectivity index (χ1n) is 11.0. The molecule has 31 heavy (non-hydrogen) atoms. The fourth-order valence-electron chi connectivity index (χ4n) is 4.40. The van der Waals surface area contributed by atoms with Crippen molar-refractivity contribution in [1.29, 1.82) is 0 Å². The Morgan fingerprint density at radius 1 is 1.03 bits per heavy atom. The maximum atomic E-state index is 12.7. The van der Waals surface area contributed by atoms with Crippen LogP contribution in [-0.4, -0.2) is 57.2 Å². The minimum Gasteiger partial charge on any atom is -0.415 e. The molecule has 3 aromatic rings. The lowest BCUT2D eigenvalue weighted by molar-refractivity contribution is -0.135. The number of hydrogen-bond donors (Lipinski definition) is 0. The van der Waals surface area contributed by atoms with E-state index in [2.05, 4.69) is 20.1 Å². The van der Waals surface area contributed by atoms with Gasteiger partial charge in [-0.2, -0.15) is 0 Å². The third kappa shape index (κ3) is 4.02. The number of amides is 1. The van der Waals surface area contributed by atoms with Crippen LogP contribution in [0.1, 0.15) is 32.8 Å². The normalized spacial score (nSPS) is 17.3. The molecule has 162 valence electrons. The number of piperazine rings is 1. The van der Waals surface area contributed by atoms with Crippen LogP contribution < -0.4 is 4.90 Å². The molecule has 1 aliphatic heterocycles. The molecule has 0 unspecified atom stereocenters. The highest BCUT2D eigenvalue weighted by atomic mass is 16.4. The number of hydrogen-bond acceptors (Lipinski definition) is 7. The van der Waals surface area contributed by atoms with Crippen LogP contribution in [0.3, 0.4) is 0 Å². The van der Waals surface area contributed by atoms with Gasteiger partial charge in [-0.3, -0.25) is 9.78 Å². The molecule has 0 N–H and O–H groups in total. The van der Waals surface area contributed by atoms with Crippen LogP contribution in [0.15, 0.2) is 40.9 Å². The van der Waals surface area contributed by atoms with Gasteiger partial charge in [0.2, 0.25) is 11.8 Å². The molecular weight excluding hydrogens is 392 g/mol. The minimum absolute atomic E-state index is 0. The summed E-state index contributed by atoms with van der Waals surface area (Å²) in [5, 5.41) is 8.37. The largest absolute Gasteiger partial charge is 0.415 e. The molecule has 1 aliphatic carbocycles. The first-order valence-corrected chi connectivity index (χ1v) is 11.0. The Morgan fingerprint density at radius 2 is 1.74 bits per heavy atom. The molecule has 0 spiro atoms. The highest BCUT2D eigenvalue weighted by Crippen LogP contribution is 2.28. The van der Waals surface area contributed by atoms with Crippen LogP contribution in [0.2, 0.25) is 0 Å².